The highest BCUT2D eigenvalue weighted by atomic mass is 16.4. The molecule has 0 fully saturated rings. The van der Waals surface area contributed by atoms with Crippen LogP contribution in [-0.4, -0.2) is 57.3 Å². The van der Waals surface area contributed by atoms with E-state index in [9.17, 15) is 29.7 Å². The number of aliphatic carboxylic acids is 3. The molecule has 3 unspecified atom stereocenters. The number of carbonyl (C=O) groups is 3. The van der Waals surface area contributed by atoms with Gasteiger partial charge in [0.05, 0.1) is 12.5 Å². The van der Waals surface area contributed by atoms with E-state index in [1.807, 2.05) is 0 Å². The Morgan fingerprint density at radius 2 is 1.00 bits per heavy atom. The molecule has 0 aromatic rings. The lowest BCUT2D eigenvalue weighted by Crippen LogP contribution is -2.72. The summed E-state index contributed by atoms with van der Waals surface area (Å²) in [6, 6.07) is -3.55. The van der Waals surface area contributed by atoms with E-state index in [2.05, 4.69) is 19.1 Å². The summed E-state index contributed by atoms with van der Waals surface area (Å²) in [7, 11) is 0. The first-order valence-electron chi connectivity index (χ1n) is 14.3. The molecular formula is C29H53NO6. The summed E-state index contributed by atoms with van der Waals surface area (Å²) in [5.41, 5.74) is 0. The van der Waals surface area contributed by atoms with Crippen molar-refractivity contribution in [3.05, 3.63) is 12.2 Å². The summed E-state index contributed by atoms with van der Waals surface area (Å²) >= 11 is 0. The molecule has 0 rings (SSSR count). The Bertz CT molecular complexity index is 597. The topological polar surface area (TPSA) is 115 Å². The van der Waals surface area contributed by atoms with Gasteiger partial charge in [-0.2, -0.15) is 0 Å². The van der Waals surface area contributed by atoms with Crippen molar-refractivity contribution in [2.45, 2.75) is 149 Å². The maximum absolute atomic E-state index is 11.8. The number of rotatable bonds is 24. The van der Waals surface area contributed by atoms with E-state index in [1.54, 1.807) is 0 Å². The molecule has 0 saturated carbocycles. The molecule has 0 amide bonds. The highest BCUT2D eigenvalue weighted by Gasteiger charge is 2.50. The van der Waals surface area contributed by atoms with Gasteiger partial charge in [-0.15, -0.1) is 0 Å². The van der Waals surface area contributed by atoms with Gasteiger partial charge < -0.3 is 20.1 Å². The second-order valence-corrected chi connectivity index (χ2v) is 10.4. The van der Waals surface area contributed by atoms with E-state index >= 15 is 0 Å². The van der Waals surface area contributed by atoms with Crippen LogP contribution in [0.4, 0.5) is 0 Å². The maximum atomic E-state index is 11.8. The molecule has 3 atom stereocenters. The molecule has 0 aliphatic rings. The van der Waals surface area contributed by atoms with Crippen LogP contribution in [0.3, 0.4) is 0 Å². The van der Waals surface area contributed by atoms with Gasteiger partial charge in [0.15, 0.2) is 12.1 Å². The van der Waals surface area contributed by atoms with Gasteiger partial charge in [-0.1, -0.05) is 89.7 Å². The average molecular weight is 512 g/mol. The van der Waals surface area contributed by atoms with Gasteiger partial charge in [-0.05, 0) is 52.9 Å². The van der Waals surface area contributed by atoms with Crippen molar-refractivity contribution >= 4 is 17.9 Å². The van der Waals surface area contributed by atoms with Crippen molar-refractivity contribution in [1.82, 2.24) is 0 Å². The second kappa shape index (κ2) is 20.2. The number of carbonyl (C=O) groups excluding carboxylic acids is 1. The van der Waals surface area contributed by atoms with Crippen molar-refractivity contribution < 1.29 is 34.2 Å². The van der Waals surface area contributed by atoms with Gasteiger partial charge in [0, 0.05) is 0 Å². The lowest BCUT2D eigenvalue weighted by Gasteiger charge is -2.49. The third-order valence-electron chi connectivity index (χ3n) is 7.79. The predicted molar refractivity (Wildman–Crippen MR) is 142 cm³/mol. The minimum Gasteiger partial charge on any atom is -0.544 e. The van der Waals surface area contributed by atoms with Crippen molar-refractivity contribution in [2.24, 2.45) is 0 Å². The maximum Gasteiger partial charge on any atom is 0.362 e. The lowest BCUT2D eigenvalue weighted by molar-refractivity contribution is -0.969. The molecule has 2 N–H and O–H groups in total. The van der Waals surface area contributed by atoms with E-state index in [4.69, 9.17) is 0 Å². The molecule has 0 spiro atoms. The highest BCUT2D eigenvalue weighted by Crippen LogP contribution is 2.27. The van der Waals surface area contributed by atoms with Crippen LogP contribution in [0.15, 0.2) is 12.2 Å². The quantitative estimate of drug-likeness (QED) is 0.0975. The highest BCUT2D eigenvalue weighted by molar-refractivity contribution is 5.76. The van der Waals surface area contributed by atoms with Crippen LogP contribution in [0.25, 0.3) is 0 Å². The zero-order valence-electron chi connectivity index (χ0n) is 23.4. The monoisotopic (exact) mass is 511 g/mol. The van der Waals surface area contributed by atoms with Crippen LogP contribution < -0.4 is 5.11 Å². The third-order valence-corrected chi connectivity index (χ3v) is 7.79. The fourth-order valence-corrected chi connectivity index (χ4v) is 5.25. The van der Waals surface area contributed by atoms with Gasteiger partial charge in [-0.3, -0.25) is 4.48 Å². The molecular weight excluding hydrogens is 458 g/mol. The van der Waals surface area contributed by atoms with Gasteiger partial charge in [0.1, 0.15) is 6.04 Å². The van der Waals surface area contributed by atoms with Gasteiger partial charge >= 0.3 is 11.9 Å². The molecule has 0 heterocycles. The van der Waals surface area contributed by atoms with Crippen molar-refractivity contribution in [2.75, 3.05) is 6.54 Å². The number of quaternary nitrogens is 1. The zero-order chi connectivity index (χ0) is 27.4. The molecule has 0 radical (unpaired) electrons. The fraction of sp³-hybridized carbons (Fsp3) is 0.828. The fourth-order valence-electron chi connectivity index (χ4n) is 5.25. The summed E-state index contributed by atoms with van der Waals surface area (Å²) in [6.07, 6.45) is 23.3. The summed E-state index contributed by atoms with van der Waals surface area (Å²) in [5.74, 6) is -3.82. The Kier molecular flexibility index (Phi) is 19.1. The van der Waals surface area contributed by atoms with Crippen LogP contribution in [0, 0.1) is 0 Å². The molecule has 0 aliphatic carbocycles. The number of nitrogens with zero attached hydrogens (tertiary/aromatic N) is 1. The van der Waals surface area contributed by atoms with Gasteiger partial charge in [0.25, 0.3) is 0 Å². The van der Waals surface area contributed by atoms with Crippen molar-refractivity contribution in [3.63, 3.8) is 0 Å². The first-order valence-corrected chi connectivity index (χ1v) is 14.3. The summed E-state index contributed by atoms with van der Waals surface area (Å²) in [4.78, 5) is 35.2. The number of carboxylic acid groups (broad SMARTS) is 3. The molecule has 0 aliphatic heterocycles. The van der Waals surface area contributed by atoms with Crippen molar-refractivity contribution in [3.8, 4) is 0 Å². The Morgan fingerprint density at radius 1 is 0.639 bits per heavy atom. The minimum absolute atomic E-state index is 0.186. The number of hydrogen-bond donors (Lipinski definition) is 2. The summed E-state index contributed by atoms with van der Waals surface area (Å²) < 4.78 is -0.539. The van der Waals surface area contributed by atoms with Crippen LogP contribution in [0.2, 0.25) is 0 Å². The first-order chi connectivity index (χ1) is 17.1. The van der Waals surface area contributed by atoms with Gasteiger partial charge in [-0.25, -0.2) is 9.59 Å². The second-order valence-electron chi connectivity index (χ2n) is 10.4. The Hall–Kier alpha value is -1.89. The van der Waals surface area contributed by atoms with E-state index < -0.39 is 40.5 Å². The molecule has 7 heteroatoms. The Balaban J connectivity index is 4.17. The molecule has 36 heavy (non-hydrogen) atoms. The third kappa shape index (κ3) is 12.9. The minimum atomic E-state index is -1.42. The summed E-state index contributed by atoms with van der Waals surface area (Å²) in [5, 5.41) is 30.9. The van der Waals surface area contributed by atoms with Crippen LogP contribution >= 0.6 is 0 Å². The number of hydrogen-bond acceptors (Lipinski definition) is 4. The first kappa shape index (κ1) is 34.1. The number of allylic oxidation sites excluding steroid dienone is 2. The number of unbranched alkanes of at least 4 members (excludes halogenated alkanes) is 14. The molecule has 0 aromatic heterocycles. The number of carboxylic acids is 3. The normalized spacial score (nSPS) is 15.9. The predicted octanol–water partition coefficient (Wildman–Crippen LogP) is 5.71. The lowest BCUT2D eigenvalue weighted by atomic mass is 9.99. The van der Waals surface area contributed by atoms with Crippen molar-refractivity contribution in [1.29, 1.82) is 0 Å². The van der Waals surface area contributed by atoms with E-state index in [0.717, 1.165) is 32.1 Å². The largest absolute Gasteiger partial charge is 0.544 e. The zero-order valence-corrected chi connectivity index (χ0v) is 23.4. The van der Waals surface area contributed by atoms with Gasteiger partial charge in [0.2, 0.25) is 0 Å². The van der Waals surface area contributed by atoms with E-state index in [-0.39, 0.29) is 6.54 Å². The Labute approximate surface area is 219 Å². The molecule has 0 bridgehead atoms. The smallest absolute Gasteiger partial charge is 0.362 e. The standard InChI is InChI=1S/C29H53NO6/c1-5-6-7-8-9-10-11-12-13-14-15-16-17-18-19-20-21-22-23-30(24(2)27(31)32,25(3)28(33)34)26(4)29(35)36/h6-7,24-26H,5,8-23H2,1-4H3,(H2-,31,32,33,34,35,36)/b7-6+. The molecule has 7 nitrogen and oxygen atoms in total. The van der Waals surface area contributed by atoms with Crippen LogP contribution in [0.5, 0.6) is 0 Å². The molecule has 210 valence electrons. The SMILES string of the molecule is CC/C=C/CCCCCCCCCCCCCCCC[N+](C(C)C(=O)[O-])(C(C)C(=O)O)C(C)C(=O)O. The van der Waals surface area contributed by atoms with Crippen LogP contribution in [0.1, 0.15) is 130 Å². The van der Waals surface area contributed by atoms with Crippen LogP contribution in [-0.2, 0) is 14.4 Å². The average Bonchev–Trinajstić information content (AvgIpc) is 2.84. The summed E-state index contributed by atoms with van der Waals surface area (Å²) in [6.45, 7) is 6.51. The molecule has 0 saturated heterocycles. The Morgan fingerprint density at radius 3 is 1.33 bits per heavy atom. The molecule has 0 aromatic carbocycles. The van der Waals surface area contributed by atoms with E-state index in [1.165, 1.54) is 85.0 Å². The van der Waals surface area contributed by atoms with E-state index in [0.29, 0.717) is 6.42 Å².